The monoisotopic (exact) mass is 188 g/mol. The van der Waals surface area contributed by atoms with Gasteiger partial charge in [-0.1, -0.05) is 13.8 Å². The highest BCUT2D eigenvalue weighted by molar-refractivity contribution is 4.70. The molecule has 80 valence electrons. The number of nitrogens with zero attached hydrogens (tertiary/aromatic N) is 1. The summed E-state index contributed by atoms with van der Waals surface area (Å²) in [5.41, 5.74) is 5.65. The van der Waals surface area contributed by atoms with Gasteiger partial charge >= 0.3 is 0 Å². The molecular weight excluding hydrogens is 164 g/mol. The molecule has 2 atom stereocenters. The van der Waals surface area contributed by atoms with Crippen molar-refractivity contribution in [3.63, 3.8) is 0 Å². The lowest BCUT2D eigenvalue weighted by Crippen LogP contribution is -2.42. The fourth-order valence-electron chi connectivity index (χ4n) is 1.47. The summed E-state index contributed by atoms with van der Waals surface area (Å²) >= 11 is 0. The normalized spacial score (nSPS) is 16.6. The van der Waals surface area contributed by atoms with E-state index < -0.39 is 0 Å². The van der Waals surface area contributed by atoms with Gasteiger partial charge in [0.25, 0.3) is 0 Å². The molecule has 3 nitrogen and oxygen atoms in total. The first-order chi connectivity index (χ1) is 5.97. The molecule has 0 radical (unpaired) electrons. The summed E-state index contributed by atoms with van der Waals surface area (Å²) in [6, 6.07) is 0.428. The first-order valence-electron chi connectivity index (χ1n) is 5.04. The predicted octanol–water partition coefficient (Wildman–Crippen LogP) is 0.672. The zero-order valence-corrected chi connectivity index (χ0v) is 9.33. The molecule has 0 fully saturated rings. The Hall–Kier alpha value is -0.120. The van der Waals surface area contributed by atoms with Gasteiger partial charge < -0.3 is 15.7 Å². The van der Waals surface area contributed by atoms with E-state index in [0.717, 1.165) is 6.54 Å². The van der Waals surface area contributed by atoms with E-state index in [1.165, 1.54) is 6.42 Å². The zero-order chi connectivity index (χ0) is 10.4. The molecule has 13 heavy (non-hydrogen) atoms. The number of aliphatic hydroxyl groups excluding tert-OH is 1. The van der Waals surface area contributed by atoms with Crippen LogP contribution >= 0.6 is 0 Å². The molecule has 0 aromatic rings. The first-order valence-corrected chi connectivity index (χ1v) is 5.04. The molecule has 0 rings (SSSR count). The van der Waals surface area contributed by atoms with E-state index in [1.54, 1.807) is 0 Å². The third kappa shape index (κ3) is 6.02. The Morgan fingerprint density at radius 1 is 1.31 bits per heavy atom. The minimum Gasteiger partial charge on any atom is -0.395 e. The fourth-order valence-corrected chi connectivity index (χ4v) is 1.47. The fraction of sp³-hybridized carbons (Fsp3) is 1.00. The third-order valence-corrected chi connectivity index (χ3v) is 2.32. The van der Waals surface area contributed by atoms with Crippen molar-refractivity contribution in [1.82, 2.24) is 4.90 Å². The number of rotatable bonds is 6. The first kappa shape index (κ1) is 12.9. The van der Waals surface area contributed by atoms with Gasteiger partial charge in [0.15, 0.2) is 0 Å². The Morgan fingerprint density at radius 2 is 1.85 bits per heavy atom. The maximum absolute atomic E-state index is 8.80. The highest BCUT2D eigenvalue weighted by Crippen LogP contribution is 2.09. The van der Waals surface area contributed by atoms with Gasteiger partial charge in [-0.25, -0.2) is 0 Å². The van der Waals surface area contributed by atoms with Gasteiger partial charge in [-0.15, -0.1) is 0 Å². The molecule has 0 saturated heterocycles. The Bertz CT molecular complexity index is 128. The maximum Gasteiger partial charge on any atom is 0.0595 e. The Balaban J connectivity index is 3.74. The van der Waals surface area contributed by atoms with Crippen molar-refractivity contribution in [2.45, 2.75) is 39.3 Å². The summed E-state index contributed by atoms with van der Waals surface area (Å²) in [5, 5.41) is 8.80. The molecular formula is C10H24N2O. The highest BCUT2D eigenvalue weighted by atomic mass is 16.3. The van der Waals surface area contributed by atoms with Gasteiger partial charge in [-0.3, -0.25) is 0 Å². The molecule has 0 aliphatic rings. The largest absolute Gasteiger partial charge is 0.395 e. The maximum atomic E-state index is 8.80. The number of hydrogen-bond acceptors (Lipinski definition) is 3. The van der Waals surface area contributed by atoms with Crippen LogP contribution in [0.3, 0.4) is 0 Å². The van der Waals surface area contributed by atoms with Gasteiger partial charge in [0, 0.05) is 18.6 Å². The molecule has 0 bridgehead atoms. The second-order valence-electron chi connectivity index (χ2n) is 4.36. The van der Waals surface area contributed by atoms with E-state index in [9.17, 15) is 0 Å². The van der Waals surface area contributed by atoms with E-state index in [2.05, 4.69) is 32.7 Å². The van der Waals surface area contributed by atoms with Gasteiger partial charge in [0.2, 0.25) is 0 Å². The van der Waals surface area contributed by atoms with Crippen LogP contribution in [0.5, 0.6) is 0 Å². The number of hydrogen-bond donors (Lipinski definition) is 2. The van der Waals surface area contributed by atoms with E-state index in [0.29, 0.717) is 12.0 Å². The standard InChI is InChI=1S/C10H24N2O/c1-8(2)5-9(3)12(4)6-10(11)7-13/h8-10,13H,5-7,11H2,1-4H3. The van der Waals surface area contributed by atoms with E-state index in [1.807, 2.05) is 0 Å². The lowest BCUT2D eigenvalue weighted by atomic mass is 10.0. The van der Waals surface area contributed by atoms with Crippen LogP contribution in [0.25, 0.3) is 0 Å². The van der Waals surface area contributed by atoms with Crippen LogP contribution in [0, 0.1) is 5.92 Å². The average Bonchev–Trinajstić information content (AvgIpc) is 2.02. The molecule has 3 heteroatoms. The van der Waals surface area contributed by atoms with Crippen LogP contribution in [0.15, 0.2) is 0 Å². The van der Waals surface area contributed by atoms with Crippen molar-refractivity contribution in [3.05, 3.63) is 0 Å². The van der Waals surface area contributed by atoms with Crippen LogP contribution in [0.1, 0.15) is 27.2 Å². The van der Waals surface area contributed by atoms with E-state index in [4.69, 9.17) is 10.8 Å². The van der Waals surface area contributed by atoms with Crippen LogP contribution in [0.4, 0.5) is 0 Å². The average molecular weight is 188 g/mol. The van der Waals surface area contributed by atoms with Gasteiger partial charge in [0.1, 0.15) is 0 Å². The third-order valence-electron chi connectivity index (χ3n) is 2.32. The molecule has 0 amide bonds. The quantitative estimate of drug-likeness (QED) is 0.644. The topological polar surface area (TPSA) is 49.5 Å². The summed E-state index contributed by atoms with van der Waals surface area (Å²) in [4.78, 5) is 2.21. The van der Waals surface area contributed by atoms with Crippen molar-refractivity contribution in [2.75, 3.05) is 20.2 Å². The lowest BCUT2D eigenvalue weighted by Gasteiger charge is -2.27. The molecule has 0 heterocycles. The van der Waals surface area contributed by atoms with Gasteiger partial charge in [0.05, 0.1) is 6.61 Å². The van der Waals surface area contributed by atoms with Crippen molar-refractivity contribution < 1.29 is 5.11 Å². The van der Waals surface area contributed by atoms with Crippen LogP contribution in [0.2, 0.25) is 0 Å². The molecule has 2 unspecified atom stereocenters. The van der Waals surface area contributed by atoms with E-state index in [-0.39, 0.29) is 12.6 Å². The van der Waals surface area contributed by atoms with Crippen LogP contribution in [-0.4, -0.2) is 42.3 Å². The molecule has 0 aliphatic heterocycles. The van der Waals surface area contributed by atoms with Crippen LogP contribution < -0.4 is 5.73 Å². The molecule has 0 saturated carbocycles. The summed E-state index contributed by atoms with van der Waals surface area (Å²) in [6.07, 6.45) is 1.18. The zero-order valence-electron chi connectivity index (χ0n) is 9.33. The van der Waals surface area contributed by atoms with E-state index >= 15 is 0 Å². The smallest absolute Gasteiger partial charge is 0.0595 e. The second kappa shape index (κ2) is 6.35. The Kier molecular flexibility index (Phi) is 6.29. The molecule has 0 spiro atoms. The van der Waals surface area contributed by atoms with Gasteiger partial charge in [-0.05, 0) is 26.3 Å². The Labute approximate surface area is 81.9 Å². The predicted molar refractivity (Wildman–Crippen MR) is 56.6 cm³/mol. The SMILES string of the molecule is CC(C)CC(C)N(C)CC(N)CO. The summed E-state index contributed by atoms with van der Waals surface area (Å²) < 4.78 is 0. The van der Waals surface area contributed by atoms with Crippen molar-refractivity contribution >= 4 is 0 Å². The minimum absolute atomic E-state index is 0.0682. The summed E-state index contributed by atoms with van der Waals surface area (Å²) in [6.45, 7) is 7.47. The van der Waals surface area contributed by atoms with Crippen LogP contribution in [-0.2, 0) is 0 Å². The van der Waals surface area contributed by atoms with Gasteiger partial charge in [-0.2, -0.15) is 0 Å². The number of aliphatic hydroxyl groups is 1. The lowest BCUT2D eigenvalue weighted by molar-refractivity contribution is 0.181. The summed E-state index contributed by atoms with van der Waals surface area (Å²) in [5.74, 6) is 0.711. The van der Waals surface area contributed by atoms with Crippen molar-refractivity contribution in [1.29, 1.82) is 0 Å². The molecule has 0 aromatic heterocycles. The molecule has 0 aromatic carbocycles. The van der Waals surface area contributed by atoms with Crippen molar-refractivity contribution in [3.8, 4) is 0 Å². The molecule has 0 aliphatic carbocycles. The second-order valence-corrected chi connectivity index (χ2v) is 4.36. The highest BCUT2D eigenvalue weighted by Gasteiger charge is 2.13. The number of nitrogens with two attached hydrogens (primary N) is 1. The summed E-state index contributed by atoms with van der Waals surface area (Å²) in [7, 11) is 2.06. The van der Waals surface area contributed by atoms with Crippen molar-refractivity contribution in [2.24, 2.45) is 11.7 Å². The molecule has 3 N–H and O–H groups in total. The minimum atomic E-state index is -0.111. The number of likely N-dealkylation sites (N-methyl/N-ethyl adjacent to an activating group) is 1. The Morgan fingerprint density at radius 3 is 2.23 bits per heavy atom.